The number of aliphatic hydroxyl groups excluding tert-OH is 3. The number of nitrogens with two attached hydrogens (primary N) is 1. The third-order valence-corrected chi connectivity index (χ3v) is 9.70. The predicted octanol–water partition coefficient (Wildman–Crippen LogP) is 0.399. The second-order valence-corrected chi connectivity index (χ2v) is 12.8. The maximum absolute atomic E-state index is 13.6. The maximum atomic E-state index is 13.6. The Balaban J connectivity index is 1.31. The molecule has 2 aromatic carbocycles. The summed E-state index contributed by atoms with van der Waals surface area (Å²) in [5, 5.41) is 75.6. The van der Waals surface area contributed by atoms with Gasteiger partial charge in [0.2, 0.25) is 5.78 Å². The third kappa shape index (κ3) is 5.27. The Kier molecular flexibility index (Phi) is 8.41. The van der Waals surface area contributed by atoms with Crippen LogP contribution in [0.1, 0.15) is 89.1 Å². The summed E-state index contributed by atoms with van der Waals surface area (Å²) in [6.07, 6.45) is -9.23. The number of carbonyl (C=O) groups is 2. The van der Waals surface area contributed by atoms with Crippen molar-refractivity contribution in [1.82, 2.24) is 0 Å². The summed E-state index contributed by atoms with van der Waals surface area (Å²) in [6.45, 7) is 4.65. The standard InChI is InChI=1S/C32H39NO13/c1-11-26(37)18(36)8-21(43-11)46-31-12(2)44-20(7-16(31)33)45-19-10-32(42,13(3)34)9-15-23(19)30(41)25-24(28(15)39)27(38)14-5-4-6-17(35)22(14)29(25)40/h4-6,11-13,16,18-21,26,31,34-37,39,41-42H,7-10,33H2,1-3H3/t11-,12-,13?,16-,18-,19-,20-,21-,26+,31+,32-/m0/s1. The van der Waals surface area contributed by atoms with Gasteiger partial charge in [-0.1, -0.05) is 12.1 Å². The summed E-state index contributed by atoms with van der Waals surface area (Å²) in [5.41, 5.74) is 2.99. The maximum Gasteiger partial charge on any atom is 0.202 e. The minimum atomic E-state index is -1.87. The number of ketones is 2. The van der Waals surface area contributed by atoms with Gasteiger partial charge < -0.3 is 60.4 Å². The molecule has 46 heavy (non-hydrogen) atoms. The van der Waals surface area contributed by atoms with Crippen molar-refractivity contribution in [3.63, 3.8) is 0 Å². The van der Waals surface area contributed by atoms with E-state index in [9.17, 15) is 45.3 Å². The fourth-order valence-corrected chi connectivity index (χ4v) is 7.07. The summed E-state index contributed by atoms with van der Waals surface area (Å²) in [5.74, 6) is -3.47. The molecule has 1 unspecified atom stereocenters. The molecule has 2 aliphatic heterocycles. The van der Waals surface area contributed by atoms with E-state index in [0.717, 1.165) is 0 Å². The first kappa shape index (κ1) is 32.7. The lowest BCUT2D eigenvalue weighted by Gasteiger charge is -2.45. The monoisotopic (exact) mass is 645 g/mol. The number of benzene rings is 2. The molecule has 2 fully saturated rings. The molecule has 0 amide bonds. The highest BCUT2D eigenvalue weighted by molar-refractivity contribution is 6.31. The molecule has 0 aromatic heterocycles. The van der Waals surface area contributed by atoms with Gasteiger partial charge in [0.1, 0.15) is 29.5 Å². The summed E-state index contributed by atoms with van der Waals surface area (Å²) < 4.78 is 24.0. The van der Waals surface area contributed by atoms with E-state index in [0.29, 0.717) is 0 Å². The molecule has 0 radical (unpaired) electrons. The zero-order valence-corrected chi connectivity index (χ0v) is 25.5. The van der Waals surface area contributed by atoms with Crippen molar-refractivity contribution in [3.05, 3.63) is 51.6 Å². The minimum Gasteiger partial charge on any atom is -0.507 e. The van der Waals surface area contributed by atoms with Gasteiger partial charge in [-0.3, -0.25) is 9.59 Å². The van der Waals surface area contributed by atoms with Gasteiger partial charge in [0.25, 0.3) is 0 Å². The fourth-order valence-electron chi connectivity index (χ4n) is 7.07. The van der Waals surface area contributed by atoms with E-state index in [1.54, 1.807) is 13.8 Å². The molecule has 0 saturated carbocycles. The summed E-state index contributed by atoms with van der Waals surface area (Å²) >= 11 is 0. The van der Waals surface area contributed by atoms with Crippen LogP contribution >= 0.6 is 0 Å². The first-order chi connectivity index (χ1) is 21.6. The molecular weight excluding hydrogens is 606 g/mol. The summed E-state index contributed by atoms with van der Waals surface area (Å²) in [4.78, 5) is 27.1. The van der Waals surface area contributed by atoms with E-state index < -0.39 is 107 Å². The number of rotatable bonds is 5. The fraction of sp³-hybridized carbons (Fsp3) is 0.562. The van der Waals surface area contributed by atoms with Crippen LogP contribution in [-0.4, -0.2) is 108 Å². The second kappa shape index (κ2) is 11.8. The van der Waals surface area contributed by atoms with Gasteiger partial charge in [0.15, 0.2) is 18.4 Å². The molecule has 2 aromatic rings. The number of fused-ring (bicyclic) bond motifs is 3. The quantitative estimate of drug-likeness (QED) is 0.175. The van der Waals surface area contributed by atoms with Crippen LogP contribution in [0.15, 0.2) is 18.2 Å². The van der Waals surface area contributed by atoms with Gasteiger partial charge in [0.05, 0.1) is 52.8 Å². The average molecular weight is 646 g/mol. The highest BCUT2D eigenvalue weighted by atomic mass is 16.7. The molecule has 2 aliphatic carbocycles. The van der Waals surface area contributed by atoms with Gasteiger partial charge in [-0.05, 0) is 26.8 Å². The number of phenols is 3. The zero-order chi connectivity index (χ0) is 33.4. The van der Waals surface area contributed by atoms with Crippen molar-refractivity contribution in [2.75, 3.05) is 0 Å². The topological polar surface area (TPSA) is 239 Å². The van der Waals surface area contributed by atoms with Crippen LogP contribution in [0.2, 0.25) is 0 Å². The molecule has 0 spiro atoms. The van der Waals surface area contributed by atoms with E-state index in [-0.39, 0.29) is 47.9 Å². The Labute approximate surface area is 263 Å². The van der Waals surface area contributed by atoms with Crippen LogP contribution in [-0.2, 0) is 25.4 Å². The number of carbonyl (C=O) groups excluding carboxylic acids is 2. The van der Waals surface area contributed by atoms with Crippen LogP contribution in [0.25, 0.3) is 0 Å². The van der Waals surface area contributed by atoms with Crippen molar-refractivity contribution in [2.45, 2.75) is 113 Å². The Morgan fingerprint density at radius 1 is 0.935 bits per heavy atom. The lowest BCUT2D eigenvalue weighted by molar-refractivity contribution is -0.303. The minimum absolute atomic E-state index is 0.0225. The Bertz CT molecular complexity index is 1540. The van der Waals surface area contributed by atoms with E-state index >= 15 is 0 Å². The largest absolute Gasteiger partial charge is 0.507 e. The Hall–Kier alpha value is -3.18. The highest BCUT2D eigenvalue weighted by Crippen LogP contribution is 2.53. The Morgan fingerprint density at radius 2 is 1.59 bits per heavy atom. The number of hydrogen-bond acceptors (Lipinski definition) is 14. The van der Waals surface area contributed by atoms with Gasteiger partial charge in [-0.2, -0.15) is 0 Å². The molecule has 14 heteroatoms. The van der Waals surface area contributed by atoms with Crippen molar-refractivity contribution >= 4 is 11.6 Å². The van der Waals surface area contributed by atoms with Gasteiger partial charge in [-0.15, -0.1) is 0 Å². The van der Waals surface area contributed by atoms with Gasteiger partial charge >= 0.3 is 0 Å². The average Bonchev–Trinajstić information content (AvgIpc) is 2.98. The van der Waals surface area contributed by atoms with Crippen LogP contribution in [0.4, 0.5) is 0 Å². The molecule has 14 nitrogen and oxygen atoms in total. The molecule has 250 valence electrons. The van der Waals surface area contributed by atoms with Crippen molar-refractivity contribution in [1.29, 1.82) is 0 Å². The van der Waals surface area contributed by atoms with Crippen molar-refractivity contribution in [3.8, 4) is 17.2 Å². The summed E-state index contributed by atoms with van der Waals surface area (Å²) in [7, 11) is 0. The van der Waals surface area contributed by atoms with Crippen molar-refractivity contribution < 1.29 is 64.3 Å². The zero-order valence-electron chi connectivity index (χ0n) is 25.5. The molecule has 11 atom stereocenters. The van der Waals surface area contributed by atoms with Crippen molar-refractivity contribution in [2.24, 2.45) is 5.73 Å². The first-order valence-corrected chi connectivity index (χ1v) is 15.3. The van der Waals surface area contributed by atoms with Gasteiger partial charge in [-0.25, -0.2) is 0 Å². The van der Waals surface area contributed by atoms with Crippen LogP contribution in [0, 0.1) is 0 Å². The predicted molar refractivity (Wildman–Crippen MR) is 156 cm³/mol. The molecule has 2 heterocycles. The number of aliphatic hydroxyl groups is 4. The third-order valence-electron chi connectivity index (χ3n) is 9.70. The highest BCUT2D eigenvalue weighted by Gasteiger charge is 2.50. The number of hydrogen-bond donors (Lipinski definition) is 8. The number of phenolic OH excluding ortho intramolecular Hbond substituents is 3. The lowest BCUT2D eigenvalue weighted by atomic mass is 9.71. The normalized spacial score (nSPS) is 36.5. The SMILES string of the molecule is CC(O)[C@]1(O)Cc2c(O)c3c(c(O)c2[C@@H](O[C@H]2C[C@H](N)[C@H](O[C@H]4C[C@H](O)[C@H](O)[C@H](C)O4)[C@H](C)O2)C1)C(=O)c1c(O)cccc1C3=O. The molecule has 9 N–H and O–H groups in total. The number of ether oxygens (including phenoxy) is 4. The van der Waals surface area contributed by atoms with Crippen LogP contribution in [0.5, 0.6) is 17.2 Å². The van der Waals surface area contributed by atoms with E-state index in [4.69, 9.17) is 24.7 Å². The molecule has 2 saturated heterocycles. The Morgan fingerprint density at radius 3 is 2.24 bits per heavy atom. The molecular formula is C32H39NO13. The molecule has 6 rings (SSSR count). The molecule has 0 bridgehead atoms. The molecule has 4 aliphatic rings. The number of aromatic hydroxyl groups is 3. The van der Waals surface area contributed by atoms with E-state index in [1.807, 2.05) is 0 Å². The smallest absolute Gasteiger partial charge is 0.202 e. The summed E-state index contributed by atoms with van der Waals surface area (Å²) in [6, 6.07) is 3.24. The van der Waals surface area contributed by atoms with E-state index in [1.165, 1.54) is 25.1 Å². The van der Waals surface area contributed by atoms with Gasteiger partial charge in [0, 0.05) is 48.4 Å². The lowest BCUT2D eigenvalue weighted by Crippen LogP contribution is -2.56. The van der Waals surface area contributed by atoms with Crippen LogP contribution in [0.3, 0.4) is 0 Å². The first-order valence-electron chi connectivity index (χ1n) is 15.3. The van der Waals surface area contributed by atoms with Crippen LogP contribution < -0.4 is 5.73 Å². The second-order valence-electron chi connectivity index (χ2n) is 12.8. The van der Waals surface area contributed by atoms with E-state index in [2.05, 4.69) is 0 Å².